The van der Waals surface area contributed by atoms with Crippen LogP contribution in [0, 0.1) is 10.1 Å². The van der Waals surface area contributed by atoms with E-state index in [2.05, 4.69) is 5.32 Å². The minimum atomic E-state index is -0.360. The van der Waals surface area contributed by atoms with Crippen LogP contribution in [0.1, 0.15) is 18.5 Å². The number of nitrogens with zero attached hydrogens (tertiary/aromatic N) is 1. The standard InChI is InChI=1S/C15H16N2O3/c1-11(14-5-3-4-6-15(14)17(18)19)16-12-7-9-13(20-2)10-8-12/h3-11,16H,1-2H3. The Kier molecular flexibility index (Phi) is 4.20. The van der Waals surface area contributed by atoms with Crippen molar-refractivity contribution in [3.05, 3.63) is 64.2 Å². The fraction of sp³-hybridized carbons (Fsp3) is 0.200. The fourth-order valence-corrected chi connectivity index (χ4v) is 2.03. The van der Waals surface area contributed by atoms with Gasteiger partial charge >= 0.3 is 0 Å². The summed E-state index contributed by atoms with van der Waals surface area (Å²) in [5.41, 5.74) is 1.67. The van der Waals surface area contributed by atoms with E-state index in [1.165, 1.54) is 6.07 Å². The van der Waals surface area contributed by atoms with E-state index < -0.39 is 0 Å². The van der Waals surface area contributed by atoms with E-state index in [-0.39, 0.29) is 16.7 Å². The second kappa shape index (κ2) is 6.06. The molecule has 2 aromatic carbocycles. The fourth-order valence-electron chi connectivity index (χ4n) is 2.03. The summed E-state index contributed by atoms with van der Waals surface area (Å²) in [6, 6.07) is 14.0. The lowest BCUT2D eigenvalue weighted by Gasteiger charge is -2.16. The summed E-state index contributed by atoms with van der Waals surface area (Å²) < 4.78 is 5.09. The summed E-state index contributed by atoms with van der Waals surface area (Å²) in [5, 5.41) is 14.3. The van der Waals surface area contributed by atoms with Crippen molar-refractivity contribution in [2.45, 2.75) is 13.0 Å². The predicted octanol–water partition coefficient (Wildman–Crippen LogP) is 3.78. The van der Waals surface area contributed by atoms with Crippen LogP contribution in [0.4, 0.5) is 11.4 Å². The van der Waals surface area contributed by atoms with Crippen LogP contribution < -0.4 is 10.1 Å². The Bertz CT molecular complexity index is 596. The first-order valence-corrected chi connectivity index (χ1v) is 6.25. The molecule has 2 rings (SSSR count). The highest BCUT2D eigenvalue weighted by Crippen LogP contribution is 2.27. The monoisotopic (exact) mass is 272 g/mol. The van der Waals surface area contributed by atoms with Crippen molar-refractivity contribution in [3.63, 3.8) is 0 Å². The molecule has 2 aromatic rings. The normalized spacial score (nSPS) is 11.7. The van der Waals surface area contributed by atoms with Gasteiger partial charge in [-0.15, -0.1) is 0 Å². The van der Waals surface area contributed by atoms with E-state index in [0.717, 1.165) is 11.4 Å². The Morgan fingerprint density at radius 2 is 1.80 bits per heavy atom. The van der Waals surface area contributed by atoms with Gasteiger partial charge in [-0.2, -0.15) is 0 Å². The van der Waals surface area contributed by atoms with E-state index in [1.807, 2.05) is 31.2 Å². The van der Waals surface area contributed by atoms with Crippen LogP contribution in [0.25, 0.3) is 0 Å². The van der Waals surface area contributed by atoms with E-state index >= 15 is 0 Å². The maximum atomic E-state index is 11.0. The Morgan fingerprint density at radius 3 is 2.40 bits per heavy atom. The predicted molar refractivity (Wildman–Crippen MR) is 78.1 cm³/mol. The summed E-state index contributed by atoms with van der Waals surface area (Å²) in [5.74, 6) is 0.772. The first-order chi connectivity index (χ1) is 9.61. The van der Waals surface area contributed by atoms with E-state index in [0.29, 0.717) is 5.56 Å². The summed E-state index contributed by atoms with van der Waals surface area (Å²) in [6.07, 6.45) is 0. The van der Waals surface area contributed by atoms with Crippen LogP contribution in [-0.4, -0.2) is 12.0 Å². The lowest BCUT2D eigenvalue weighted by atomic mass is 10.1. The Labute approximate surface area is 117 Å². The third-order valence-electron chi connectivity index (χ3n) is 3.07. The van der Waals surface area contributed by atoms with Gasteiger partial charge in [0.1, 0.15) is 5.75 Å². The van der Waals surface area contributed by atoms with Crippen molar-refractivity contribution in [1.82, 2.24) is 0 Å². The van der Waals surface area contributed by atoms with Gasteiger partial charge in [-0.3, -0.25) is 10.1 Å². The molecule has 5 nitrogen and oxygen atoms in total. The average Bonchev–Trinajstić information content (AvgIpc) is 2.48. The molecule has 0 saturated carbocycles. The molecule has 104 valence electrons. The molecule has 5 heteroatoms. The Balaban J connectivity index is 2.19. The average molecular weight is 272 g/mol. The zero-order chi connectivity index (χ0) is 14.5. The summed E-state index contributed by atoms with van der Waals surface area (Å²) in [7, 11) is 1.61. The van der Waals surface area contributed by atoms with E-state index in [9.17, 15) is 10.1 Å². The molecule has 20 heavy (non-hydrogen) atoms. The maximum absolute atomic E-state index is 11.0. The van der Waals surface area contributed by atoms with Gasteiger partial charge in [0.25, 0.3) is 5.69 Å². The number of benzene rings is 2. The van der Waals surface area contributed by atoms with E-state index in [4.69, 9.17) is 4.74 Å². The molecule has 1 N–H and O–H groups in total. The molecule has 1 unspecified atom stereocenters. The number of rotatable bonds is 5. The molecular formula is C15H16N2O3. The van der Waals surface area contributed by atoms with Crippen LogP contribution in [0.2, 0.25) is 0 Å². The molecule has 0 bridgehead atoms. The largest absolute Gasteiger partial charge is 0.497 e. The third kappa shape index (κ3) is 3.06. The number of hydrogen-bond acceptors (Lipinski definition) is 4. The summed E-state index contributed by atoms with van der Waals surface area (Å²) in [4.78, 5) is 10.7. The second-order valence-corrected chi connectivity index (χ2v) is 4.41. The van der Waals surface area contributed by atoms with Crippen LogP contribution in [-0.2, 0) is 0 Å². The Morgan fingerprint density at radius 1 is 1.15 bits per heavy atom. The van der Waals surface area contributed by atoms with Crippen molar-refractivity contribution in [1.29, 1.82) is 0 Å². The molecule has 0 saturated heterocycles. The zero-order valence-corrected chi connectivity index (χ0v) is 11.4. The molecule has 0 spiro atoms. The molecule has 0 aliphatic rings. The topological polar surface area (TPSA) is 64.4 Å². The second-order valence-electron chi connectivity index (χ2n) is 4.41. The maximum Gasteiger partial charge on any atom is 0.274 e. The van der Waals surface area contributed by atoms with E-state index in [1.54, 1.807) is 25.3 Å². The number of anilines is 1. The number of ether oxygens (including phenoxy) is 1. The summed E-state index contributed by atoms with van der Waals surface area (Å²) >= 11 is 0. The quantitative estimate of drug-likeness (QED) is 0.664. The molecule has 0 fully saturated rings. The van der Waals surface area contributed by atoms with Gasteiger partial charge in [0.15, 0.2) is 0 Å². The molecule has 0 aliphatic heterocycles. The number of para-hydroxylation sites is 1. The van der Waals surface area contributed by atoms with Crippen LogP contribution in [0.5, 0.6) is 5.75 Å². The highest BCUT2D eigenvalue weighted by Gasteiger charge is 2.17. The van der Waals surface area contributed by atoms with Crippen molar-refractivity contribution in [2.75, 3.05) is 12.4 Å². The molecule has 0 heterocycles. The van der Waals surface area contributed by atoms with Gasteiger partial charge in [0, 0.05) is 11.8 Å². The van der Waals surface area contributed by atoms with Gasteiger partial charge in [-0.1, -0.05) is 18.2 Å². The highest BCUT2D eigenvalue weighted by molar-refractivity contribution is 5.51. The minimum Gasteiger partial charge on any atom is -0.497 e. The SMILES string of the molecule is COc1ccc(NC(C)c2ccccc2[N+](=O)[O-])cc1. The number of hydrogen-bond donors (Lipinski definition) is 1. The first-order valence-electron chi connectivity index (χ1n) is 6.25. The molecule has 0 aromatic heterocycles. The van der Waals surface area contributed by atoms with Crippen molar-refractivity contribution in [3.8, 4) is 5.75 Å². The number of nitro benzene ring substituents is 1. The van der Waals surface area contributed by atoms with Crippen LogP contribution >= 0.6 is 0 Å². The number of methoxy groups -OCH3 is 1. The van der Waals surface area contributed by atoms with Crippen molar-refractivity contribution in [2.24, 2.45) is 0 Å². The number of nitrogens with one attached hydrogen (secondary N) is 1. The molecular weight excluding hydrogens is 256 g/mol. The minimum absolute atomic E-state index is 0.126. The molecule has 0 amide bonds. The van der Waals surface area contributed by atoms with Crippen molar-refractivity contribution < 1.29 is 9.66 Å². The molecule has 0 aliphatic carbocycles. The van der Waals surface area contributed by atoms with Gasteiger partial charge in [0.05, 0.1) is 23.6 Å². The first kappa shape index (κ1) is 13.9. The zero-order valence-electron chi connectivity index (χ0n) is 11.4. The smallest absolute Gasteiger partial charge is 0.274 e. The van der Waals surface area contributed by atoms with Crippen molar-refractivity contribution >= 4 is 11.4 Å². The number of nitro groups is 1. The lowest BCUT2D eigenvalue weighted by molar-refractivity contribution is -0.385. The van der Waals surface area contributed by atoms with Crippen LogP contribution in [0.15, 0.2) is 48.5 Å². The lowest BCUT2D eigenvalue weighted by Crippen LogP contribution is -2.08. The van der Waals surface area contributed by atoms with Gasteiger partial charge < -0.3 is 10.1 Å². The van der Waals surface area contributed by atoms with Crippen LogP contribution in [0.3, 0.4) is 0 Å². The van der Waals surface area contributed by atoms with Gasteiger partial charge in [-0.25, -0.2) is 0 Å². The highest BCUT2D eigenvalue weighted by atomic mass is 16.6. The van der Waals surface area contributed by atoms with Gasteiger partial charge in [-0.05, 0) is 31.2 Å². The van der Waals surface area contributed by atoms with Gasteiger partial charge in [0.2, 0.25) is 0 Å². The summed E-state index contributed by atoms with van der Waals surface area (Å²) in [6.45, 7) is 1.90. The molecule has 1 atom stereocenters. The third-order valence-corrected chi connectivity index (χ3v) is 3.07. The molecule has 0 radical (unpaired) electrons. The Hall–Kier alpha value is -2.56.